The van der Waals surface area contributed by atoms with Gasteiger partial charge in [0.15, 0.2) is 18.4 Å². The van der Waals surface area contributed by atoms with E-state index in [1.54, 1.807) is 27.7 Å². The second-order valence-electron chi connectivity index (χ2n) is 5.47. The maximum Gasteiger partial charge on any atom is 0.159 e. The Bertz CT molecular complexity index is 210. The van der Waals surface area contributed by atoms with Crippen LogP contribution >= 0.6 is 0 Å². The Morgan fingerprint density at radius 2 is 1.25 bits per heavy atom. The van der Waals surface area contributed by atoms with Crippen molar-refractivity contribution < 1.29 is 29.5 Å². The molecule has 6 nitrogen and oxygen atoms in total. The average molecular weight is 294 g/mol. The zero-order valence-corrected chi connectivity index (χ0v) is 13.0. The lowest BCUT2D eigenvalue weighted by Gasteiger charge is -2.22. The van der Waals surface area contributed by atoms with Crippen molar-refractivity contribution in [3.8, 4) is 0 Å². The maximum atomic E-state index is 9.49. The molecule has 0 aromatic heterocycles. The van der Waals surface area contributed by atoms with Gasteiger partial charge in [-0.05, 0) is 52.9 Å². The summed E-state index contributed by atoms with van der Waals surface area (Å²) in [6.07, 6.45) is 0.761. The van der Waals surface area contributed by atoms with Crippen LogP contribution in [0.3, 0.4) is 0 Å². The topological polar surface area (TPSA) is 88.4 Å². The molecule has 0 rings (SSSR count). The van der Waals surface area contributed by atoms with Crippen molar-refractivity contribution in [2.45, 2.75) is 65.3 Å². The Morgan fingerprint density at radius 1 is 0.850 bits per heavy atom. The summed E-state index contributed by atoms with van der Waals surface area (Å²) in [6.45, 7) is 7.69. The average Bonchev–Trinajstić information content (AvgIpc) is 2.25. The maximum absolute atomic E-state index is 9.49. The van der Waals surface area contributed by atoms with E-state index in [1.165, 1.54) is 0 Å². The first-order valence-corrected chi connectivity index (χ1v) is 7.16. The first kappa shape index (κ1) is 19.8. The second kappa shape index (κ2) is 10.5. The molecule has 2 unspecified atom stereocenters. The summed E-state index contributed by atoms with van der Waals surface area (Å²) in [5.41, 5.74) is 0. The Labute approximate surface area is 121 Å². The highest BCUT2D eigenvalue weighted by Crippen LogP contribution is 2.16. The smallest absolute Gasteiger partial charge is 0.159 e. The Kier molecular flexibility index (Phi) is 10.4. The minimum Gasteiger partial charge on any atom is -0.368 e. The number of aliphatic hydroxyl groups excluding tert-OH is 2. The zero-order valence-electron chi connectivity index (χ0n) is 13.0. The molecule has 0 aromatic rings. The summed E-state index contributed by atoms with van der Waals surface area (Å²) in [6, 6.07) is 0. The monoisotopic (exact) mass is 294 g/mol. The van der Waals surface area contributed by atoms with Gasteiger partial charge in [-0.2, -0.15) is 0 Å². The van der Waals surface area contributed by atoms with Gasteiger partial charge in [0.05, 0.1) is 6.61 Å². The van der Waals surface area contributed by atoms with Crippen molar-refractivity contribution >= 4 is 0 Å². The third kappa shape index (κ3) is 14.2. The van der Waals surface area contributed by atoms with Gasteiger partial charge in [0.25, 0.3) is 0 Å². The summed E-state index contributed by atoms with van der Waals surface area (Å²) >= 11 is 0. The molecule has 0 spiro atoms. The number of hydrogen-bond acceptors (Lipinski definition) is 6. The van der Waals surface area contributed by atoms with Crippen LogP contribution in [0, 0.1) is 5.92 Å². The number of ether oxygens (including phenoxy) is 3. The second-order valence-corrected chi connectivity index (χ2v) is 5.47. The number of hydrogen-bond donors (Lipinski definition) is 3. The fourth-order valence-corrected chi connectivity index (χ4v) is 1.72. The molecule has 122 valence electrons. The van der Waals surface area contributed by atoms with Gasteiger partial charge in [0.2, 0.25) is 0 Å². The lowest BCUT2D eigenvalue weighted by Crippen LogP contribution is -2.25. The van der Waals surface area contributed by atoms with Gasteiger partial charge in [0.1, 0.15) is 0 Å². The molecule has 0 amide bonds. The molecule has 0 radical (unpaired) electrons. The van der Waals surface area contributed by atoms with Gasteiger partial charge in [-0.3, -0.25) is 0 Å². The van der Waals surface area contributed by atoms with Crippen molar-refractivity contribution in [3.05, 3.63) is 0 Å². The van der Waals surface area contributed by atoms with E-state index < -0.39 is 18.4 Å². The third-order valence-electron chi connectivity index (χ3n) is 2.75. The summed E-state index contributed by atoms with van der Waals surface area (Å²) in [5, 5.41) is 27.6. The minimum atomic E-state index is -1.13. The zero-order chi connectivity index (χ0) is 15.6. The van der Waals surface area contributed by atoms with Crippen molar-refractivity contribution in [2.75, 3.05) is 19.8 Å². The molecular formula is C14H30O6. The highest BCUT2D eigenvalue weighted by atomic mass is 16.6. The van der Waals surface area contributed by atoms with Crippen molar-refractivity contribution in [3.63, 3.8) is 0 Å². The standard InChI is InChI=1S/C14H30O6/c1-11(15)18-8-5-13(6-9-19-12(2)16)7-10-20-14(3,4)17/h11-13,15-17H,5-10H2,1-4H3. The fourth-order valence-electron chi connectivity index (χ4n) is 1.72. The molecule has 2 atom stereocenters. The van der Waals surface area contributed by atoms with Crippen LogP contribution in [0.15, 0.2) is 0 Å². The van der Waals surface area contributed by atoms with Crippen LogP contribution in [0.5, 0.6) is 0 Å². The molecule has 0 saturated heterocycles. The van der Waals surface area contributed by atoms with Gasteiger partial charge < -0.3 is 29.5 Å². The quantitative estimate of drug-likeness (QED) is 0.469. The van der Waals surface area contributed by atoms with Crippen molar-refractivity contribution in [1.29, 1.82) is 0 Å². The van der Waals surface area contributed by atoms with Gasteiger partial charge in [-0.25, -0.2) is 0 Å². The summed E-state index contributed by atoms with van der Waals surface area (Å²) < 4.78 is 15.5. The molecule has 0 aliphatic heterocycles. The molecule has 0 aliphatic rings. The Balaban J connectivity index is 3.97. The van der Waals surface area contributed by atoms with Crippen molar-refractivity contribution in [2.24, 2.45) is 5.92 Å². The van der Waals surface area contributed by atoms with Crippen LogP contribution < -0.4 is 0 Å². The highest BCUT2D eigenvalue weighted by Gasteiger charge is 2.15. The Morgan fingerprint density at radius 3 is 1.60 bits per heavy atom. The minimum absolute atomic E-state index is 0.287. The Hall–Kier alpha value is -0.240. The predicted molar refractivity (Wildman–Crippen MR) is 74.9 cm³/mol. The van der Waals surface area contributed by atoms with Gasteiger partial charge in [-0.15, -0.1) is 0 Å². The molecule has 6 heteroatoms. The van der Waals surface area contributed by atoms with E-state index in [9.17, 15) is 5.11 Å². The largest absolute Gasteiger partial charge is 0.368 e. The number of aliphatic hydroxyl groups is 3. The molecule has 0 bridgehead atoms. The first-order valence-electron chi connectivity index (χ1n) is 7.16. The van der Waals surface area contributed by atoms with Crippen LogP contribution in [0.4, 0.5) is 0 Å². The van der Waals surface area contributed by atoms with Crippen LogP contribution in [0.25, 0.3) is 0 Å². The van der Waals surface area contributed by atoms with E-state index in [4.69, 9.17) is 24.4 Å². The van der Waals surface area contributed by atoms with Crippen LogP contribution in [-0.4, -0.2) is 53.5 Å². The normalized spacial score (nSPS) is 16.9. The van der Waals surface area contributed by atoms with E-state index in [0.29, 0.717) is 19.8 Å². The van der Waals surface area contributed by atoms with E-state index in [1.807, 2.05) is 0 Å². The fraction of sp³-hybridized carbons (Fsp3) is 1.00. The van der Waals surface area contributed by atoms with Gasteiger partial charge >= 0.3 is 0 Å². The van der Waals surface area contributed by atoms with Crippen LogP contribution in [0.1, 0.15) is 47.0 Å². The van der Waals surface area contributed by atoms with Crippen LogP contribution in [0.2, 0.25) is 0 Å². The van der Waals surface area contributed by atoms with Gasteiger partial charge in [0, 0.05) is 13.2 Å². The summed E-state index contributed by atoms with van der Waals surface area (Å²) in [7, 11) is 0. The van der Waals surface area contributed by atoms with Crippen LogP contribution in [-0.2, 0) is 14.2 Å². The summed E-state index contributed by atoms with van der Waals surface area (Å²) in [5.74, 6) is -0.841. The number of rotatable bonds is 12. The third-order valence-corrected chi connectivity index (χ3v) is 2.75. The molecular weight excluding hydrogens is 264 g/mol. The molecule has 0 heterocycles. The SMILES string of the molecule is CC(O)OCCC(CCOC(C)O)CCOC(C)(C)O. The van der Waals surface area contributed by atoms with E-state index in [2.05, 4.69) is 0 Å². The summed E-state index contributed by atoms with van der Waals surface area (Å²) in [4.78, 5) is 0. The molecule has 0 fully saturated rings. The molecule has 3 N–H and O–H groups in total. The van der Waals surface area contributed by atoms with Crippen molar-refractivity contribution in [1.82, 2.24) is 0 Å². The van der Waals surface area contributed by atoms with Gasteiger partial charge in [-0.1, -0.05) is 0 Å². The first-order chi connectivity index (χ1) is 9.20. The lowest BCUT2D eigenvalue weighted by molar-refractivity contribution is -0.178. The van der Waals surface area contributed by atoms with E-state index in [-0.39, 0.29) is 5.92 Å². The molecule has 0 aliphatic carbocycles. The predicted octanol–water partition coefficient (Wildman–Crippen LogP) is 1.23. The van der Waals surface area contributed by atoms with E-state index in [0.717, 1.165) is 19.3 Å². The molecule has 0 saturated carbocycles. The molecule has 20 heavy (non-hydrogen) atoms. The lowest BCUT2D eigenvalue weighted by atomic mass is 9.99. The van der Waals surface area contributed by atoms with E-state index >= 15 is 0 Å². The highest BCUT2D eigenvalue weighted by molar-refractivity contribution is 4.61. The molecule has 0 aromatic carbocycles.